The molecule has 2 aromatic rings. The van der Waals surface area contributed by atoms with Crippen molar-refractivity contribution in [3.8, 4) is 0 Å². The number of amides is 4. The highest BCUT2D eigenvalue weighted by Gasteiger charge is 2.48. The minimum absolute atomic E-state index is 0.0485. The predicted octanol–water partition coefficient (Wildman–Crippen LogP) is 2.95. The molecule has 3 heterocycles. The van der Waals surface area contributed by atoms with Crippen molar-refractivity contribution in [3.63, 3.8) is 0 Å². The molecule has 9 nitrogen and oxygen atoms in total. The third kappa shape index (κ3) is 6.14. The third-order valence-electron chi connectivity index (χ3n) is 7.92. The molecule has 1 fully saturated rings. The molecule has 224 valence electrons. The largest absolute Gasteiger partial charge is 0.416 e. The predicted molar refractivity (Wildman–Crippen MR) is 148 cm³/mol. The van der Waals surface area contributed by atoms with Crippen molar-refractivity contribution in [1.82, 2.24) is 25.3 Å². The summed E-state index contributed by atoms with van der Waals surface area (Å²) in [5.74, 6) is -0.940. The van der Waals surface area contributed by atoms with E-state index in [4.69, 9.17) is 4.74 Å². The van der Waals surface area contributed by atoms with Crippen LogP contribution in [0.2, 0.25) is 0 Å². The van der Waals surface area contributed by atoms with Crippen LogP contribution in [0.3, 0.4) is 0 Å². The maximum atomic E-state index is 14.1. The number of hydrogen-bond acceptors (Lipinski definition) is 5. The number of urea groups is 1. The number of ether oxygens (including phenoxy) is 1. The van der Waals surface area contributed by atoms with Gasteiger partial charge in [0.15, 0.2) is 0 Å². The fraction of sp³-hybridized carbons (Fsp3) is 0.433. The molecule has 2 aromatic carbocycles. The van der Waals surface area contributed by atoms with Crippen molar-refractivity contribution in [3.05, 3.63) is 82.6 Å². The summed E-state index contributed by atoms with van der Waals surface area (Å²) in [5, 5.41) is 5.58. The SMILES string of the molecule is CCN1C(=O)N[C@@H](c2ccccc2C(F)(F)F)C2=C1CN([C@@H](Cc1ccccc1)C(=O)NCCN1CCOCC1)C2=O. The molecule has 4 amide bonds. The van der Waals surface area contributed by atoms with Gasteiger partial charge in [-0.3, -0.25) is 19.4 Å². The van der Waals surface area contributed by atoms with Gasteiger partial charge >= 0.3 is 12.2 Å². The van der Waals surface area contributed by atoms with Crippen LogP contribution >= 0.6 is 0 Å². The lowest BCUT2D eigenvalue weighted by Gasteiger charge is -2.33. The smallest absolute Gasteiger partial charge is 0.379 e. The fourth-order valence-corrected chi connectivity index (χ4v) is 5.80. The standard InChI is InChI=1S/C30H34F3N5O4/c1-2-37-24-19-38(28(40)25(24)26(35-29(37)41)21-10-6-7-11-22(21)30(31,32)33)23(18-20-8-4-3-5-9-20)27(39)34-12-13-36-14-16-42-17-15-36/h3-11,23,26H,2,12-19H2,1H3,(H,34,39)(H,35,41)/t23-,26-/m0/s1. The number of carbonyl (C=O) groups is 3. The molecule has 0 saturated carbocycles. The molecule has 0 bridgehead atoms. The second-order valence-corrected chi connectivity index (χ2v) is 10.5. The van der Waals surface area contributed by atoms with Crippen molar-refractivity contribution < 1.29 is 32.3 Å². The van der Waals surface area contributed by atoms with Gasteiger partial charge in [0.05, 0.1) is 42.6 Å². The van der Waals surface area contributed by atoms with Gasteiger partial charge in [0.25, 0.3) is 5.91 Å². The normalized spacial score (nSPS) is 20.4. The van der Waals surface area contributed by atoms with Crippen LogP contribution in [0.25, 0.3) is 0 Å². The number of morpholine rings is 1. The number of rotatable bonds is 9. The van der Waals surface area contributed by atoms with Gasteiger partial charge in [0.2, 0.25) is 5.91 Å². The number of nitrogens with one attached hydrogen (secondary N) is 2. The number of benzene rings is 2. The number of alkyl halides is 3. The zero-order chi connectivity index (χ0) is 29.9. The maximum Gasteiger partial charge on any atom is 0.416 e. The van der Waals surface area contributed by atoms with E-state index in [9.17, 15) is 27.6 Å². The Kier molecular flexibility index (Phi) is 8.83. The van der Waals surface area contributed by atoms with Crippen LogP contribution in [-0.2, 0) is 26.9 Å². The van der Waals surface area contributed by atoms with Crippen molar-refractivity contribution >= 4 is 17.8 Å². The number of halogens is 3. The lowest BCUT2D eigenvalue weighted by atomic mass is 9.91. The van der Waals surface area contributed by atoms with Gasteiger partial charge < -0.3 is 20.3 Å². The monoisotopic (exact) mass is 585 g/mol. The molecule has 1 saturated heterocycles. The molecule has 0 unspecified atom stereocenters. The Balaban J connectivity index is 1.45. The van der Waals surface area contributed by atoms with E-state index >= 15 is 0 Å². The van der Waals surface area contributed by atoms with Crippen LogP contribution in [0, 0.1) is 0 Å². The molecule has 0 aliphatic carbocycles. The van der Waals surface area contributed by atoms with E-state index in [1.165, 1.54) is 28.0 Å². The van der Waals surface area contributed by atoms with Gasteiger partial charge in [0, 0.05) is 39.1 Å². The van der Waals surface area contributed by atoms with Crippen molar-refractivity contribution in [1.29, 1.82) is 0 Å². The second-order valence-electron chi connectivity index (χ2n) is 10.5. The molecule has 2 atom stereocenters. The van der Waals surface area contributed by atoms with E-state index < -0.39 is 35.8 Å². The van der Waals surface area contributed by atoms with Crippen LogP contribution in [-0.4, -0.2) is 91.1 Å². The summed E-state index contributed by atoms with van der Waals surface area (Å²) in [5.41, 5.74) is 0.0372. The van der Waals surface area contributed by atoms with Crippen LogP contribution in [0.15, 0.2) is 65.9 Å². The topological polar surface area (TPSA) is 94.2 Å². The van der Waals surface area contributed by atoms with Crippen LogP contribution in [0.4, 0.5) is 18.0 Å². The van der Waals surface area contributed by atoms with Crippen LogP contribution < -0.4 is 10.6 Å². The Labute approximate surface area is 242 Å². The van der Waals surface area contributed by atoms with Gasteiger partial charge in [-0.15, -0.1) is 0 Å². The van der Waals surface area contributed by atoms with Crippen LogP contribution in [0.1, 0.15) is 29.7 Å². The lowest BCUT2D eigenvalue weighted by Crippen LogP contribution is -2.51. The van der Waals surface area contributed by atoms with Crippen molar-refractivity contribution in [2.45, 2.75) is 31.6 Å². The summed E-state index contributed by atoms with van der Waals surface area (Å²) in [6, 6.07) is 11.3. The minimum atomic E-state index is -4.69. The second kappa shape index (κ2) is 12.5. The summed E-state index contributed by atoms with van der Waals surface area (Å²) in [7, 11) is 0. The van der Waals surface area contributed by atoms with Crippen LogP contribution in [0.5, 0.6) is 0 Å². The zero-order valence-corrected chi connectivity index (χ0v) is 23.3. The molecular weight excluding hydrogens is 551 g/mol. The minimum Gasteiger partial charge on any atom is -0.379 e. The molecule has 0 aromatic heterocycles. The summed E-state index contributed by atoms with van der Waals surface area (Å²) >= 11 is 0. The molecule has 5 rings (SSSR count). The first-order valence-electron chi connectivity index (χ1n) is 14.1. The molecule has 2 N–H and O–H groups in total. The van der Waals surface area contributed by atoms with Gasteiger partial charge in [0.1, 0.15) is 6.04 Å². The fourth-order valence-electron chi connectivity index (χ4n) is 5.80. The van der Waals surface area contributed by atoms with Gasteiger partial charge in [-0.2, -0.15) is 13.2 Å². The molecule has 3 aliphatic heterocycles. The van der Waals surface area contributed by atoms with E-state index in [0.29, 0.717) is 32.0 Å². The quantitative estimate of drug-likeness (QED) is 0.472. The van der Waals surface area contributed by atoms with Gasteiger partial charge in [-0.05, 0) is 24.1 Å². The Hall–Kier alpha value is -3.90. The van der Waals surface area contributed by atoms with E-state index in [1.54, 1.807) is 6.92 Å². The van der Waals surface area contributed by atoms with E-state index in [-0.39, 0.29) is 36.6 Å². The summed E-state index contributed by atoms with van der Waals surface area (Å²) in [6.07, 6.45) is -4.49. The molecule has 12 heteroatoms. The highest BCUT2D eigenvalue weighted by molar-refractivity contribution is 6.03. The molecule has 42 heavy (non-hydrogen) atoms. The zero-order valence-electron chi connectivity index (χ0n) is 23.3. The molecule has 0 radical (unpaired) electrons. The Morgan fingerprint density at radius 2 is 1.76 bits per heavy atom. The number of carbonyl (C=O) groups excluding carboxylic acids is 3. The van der Waals surface area contributed by atoms with Crippen molar-refractivity contribution in [2.24, 2.45) is 0 Å². The van der Waals surface area contributed by atoms with Crippen molar-refractivity contribution in [2.75, 3.05) is 52.5 Å². The first kappa shape index (κ1) is 29.6. The number of nitrogens with zero attached hydrogens (tertiary/aromatic N) is 3. The number of hydrogen-bond donors (Lipinski definition) is 2. The van der Waals surface area contributed by atoms with E-state index in [2.05, 4.69) is 15.5 Å². The number of likely N-dealkylation sites (N-methyl/N-ethyl adjacent to an activating group) is 1. The van der Waals surface area contributed by atoms with Gasteiger partial charge in [-0.1, -0.05) is 48.5 Å². The Bertz CT molecular complexity index is 1340. The Morgan fingerprint density at radius 1 is 1.07 bits per heavy atom. The third-order valence-corrected chi connectivity index (χ3v) is 7.92. The highest BCUT2D eigenvalue weighted by Crippen LogP contribution is 2.42. The lowest BCUT2D eigenvalue weighted by molar-refractivity contribution is -0.138. The summed E-state index contributed by atoms with van der Waals surface area (Å²) in [4.78, 5) is 45.8. The summed E-state index contributed by atoms with van der Waals surface area (Å²) < 4.78 is 47.4. The summed E-state index contributed by atoms with van der Waals surface area (Å²) in [6.45, 7) is 5.62. The molecule has 0 spiro atoms. The van der Waals surface area contributed by atoms with Gasteiger partial charge in [-0.25, -0.2) is 4.79 Å². The maximum absolute atomic E-state index is 14.1. The Morgan fingerprint density at radius 3 is 2.45 bits per heavy atom. The first-order valence-corrected chi connectivity index (χ1v) is 14.1. The first-order chi connectivity index (χ1) is 20.2. The van der Waals surface area contributed by atoms with E-state index in [0.717, 1.165) is 24.7 Å². The molecular formula is C30H34F3N5O4. The highest BCUT2D eigenvalue weighted by atomic mass is 19.4. The molecule has 3 aliphatic rings. The van der Waals surface area contributed by atoms with E-state index in [1.807, 2.05) is 30.3 Å². The average Bonchev–Trinajstić information content (AvgIpc) is 3.32. The average molecular weight is 586 g/mol.